The average Bonchev–Trinajstić information content (AvgIpc) is 2.70. The molecule has 4 rings (SSSR count). The quantitative estimate of drug-likeness (QED) is 0.644. The van der Waals surface area contributed by atoms with E-state index in [1.807, 2.05) is 36.4 Å². The number of rotatable bonds is 4. The number of carbonyl (C=O) groups excluding carboxylic acids is 1. The highest BCUT2D eigenvalue weighted by Gasteiger charge is 2.30. The van der Waals surface area contributed by atoms with E-state index < -0.39 is 35.3 Å². The third kappa shape index (κ3) is 2.81. The number of carboxylic acids is 1. The minimum atomic E-state index is -1.24. The Morgan fingerprint density at radius 3 is 2.57 bits per heavy atom. The molecule has 142 valence electrons. The second-order valence-electron chi connectivity index (χ2n) is 6.75. The molecule has 0 bridgehead atoms. The van der Waals surface area contributed by atoms with Crippen molar-refractivity contribution in [1.82, 2.24) is 9.88 Å². The fourth-order valence-electron chi connectivity index (χ4n) is 3.89. The molecule has 7 heteroatoms. The van der Waals surface area contributed by atoms with Crippen LogP contribution < -0.4 is 10.9 Å². The van der Waals surface area contributed by atoms with Gasteiger partial charge < -0.3 is 15.5 Å². The van der Waals surface area contributed by atoms with E-state index in [-0.39, 0.29) is 6.04 Å². The molecule has 3 N–H and O–H groups in total. The van der Waals surface area contributed by atoms with Gasteiger partial charge >= 0.3 is 5.97 Å². The number of nitrogens with zero attached hydrogens (tertiary/aromatic N) is 1. The van der Waals surface area contributed by atoms with Crippen molar-refractivity contribution in [2.24, 2.45) is 0 Å². The Morgan fingerprint density at radius 1 is 1.11 bits per heavy atom. The first kappa shape index (κ1) is 17.8. The first-order valence-electron chi connectivity index (χ1n) is 8.93. The predicted molar refractivity (Wildman–Crippen MR) is 103 cm³/mol. The summed E-state index contributed by atoms with van der Waals surface area (Å²) in [5.74, 6) is -2.56. The molecule has 3 aromatic rings. The predicted octanol–water partition coefficient (Wildman–Crippen LogP) is 2.06. The normalized spacial score (nSPS) is 15.4. The minimum Gasteiger partial charge on any atom is -0.506 e. The molecule has 1 aliphatic heterocycles. The van der Waals surface area contributed by atoms with Gasteiger partial charge in [0.05, 0.1) is 11.6 Å². The van der Waals surface area contributed by atoms with Crippen LogP contribution in [0.5, 0.6) is 5.75 Å². The van der Waals surface area contributed by atoms with Crippen molar-refractivity contribution >= 4 is 22.8 Å². The molecule has 2 aromatic carbocycles. The molecule has 1 aromatic heterocycles. The van der Waals surface area contributed by atoms with Crippen LogP contribution in [0.25, 0.3) is 10.9 Å². The maximum Gasteiger partial charge on any atom is 0.322 e. The number of aromatic nitrogens is 1. The summed E-state index contributed by atoms with van der Waals surface area (Å²) in [4.78, 5) is 36.6. The highest BCUT2D eigenvalue weighted by molar-refractivity contribution is 6.03. The van der Waals surface area contributed by atoms with Crippen molar-refractivity contribution in [2.75, 3.05) is 6.54 Å². The molecule has 1 aliphatic rings. The van der Waals surface area contributed by atoms with Gasteiger partial charge in [-0.3, -0.25) is 19.0 Å². The van der Waals surface area contributed by atoms with Gasteiger partial charge in [-0.15, -0.1) is 0 Å². The summed E-state index contributed by atoms with van der Waals surface area (Å²) < 4.78 is 1.55. The van der Waals surface area contributed by atoms with Gasteiger partial charge in [-0.25, -0.2) is 0 Å². The molecule has 0 saturated heterocycles. The summed E-state index contributed by atoms with van der Waals surface area (Å²) in [6.45, 7) is -0.641. The topological polar surface area (TPSA) is 109 Å². The molecular weight excluding hydrogens is 360 g/mol. The minimum absolute atomic E-state index is 0.280. The van der Waals surface area contributed by atoms with Gasteiger partial charge in [0.1, 0.15) is 17.9 Å². The molecule has 0 saturated carbocycles. The van der Waals surface area contributed by atoms with E-state index in [4.69, 9.17) is 5.11 Å². The highest BCUT2D eigenvalue weighted by Crippen LogP contribution is 2.37. The first-order chi connectivity index (χ1) is 13.5. The number of carbonyl (C=O) groups is 2. The van der Waals surface area contributed by atoms with Crippen molar-refractivity contribution in [3.05, 3.63) is 75.6 Å². The fraction of sp³-hybridized carbons (Fsp3) is 0.190. The summed E-state index contributed by atoms with van der Waals surface area (Å²) >= 11 is 0. The zero-order valence-electron chi connectivity index (χ0n) is 14.9. The number of pyridine rings is 1. The van der Waals surface area contributed by atoms with Gasteiger partial charge in [0.15, 0.2) is 0 Å². The van der Waals surface area contributed by atoms with Crippen LogP contribution in [-0.2, 0) is 11.2 Å². The van der Waals surface area contributed by atoms with E-state index in [9.17, 15) is 19.5 Å². The number of benzene rings is 2. The lowest BCUT2D eigenvalue weighted by Gasteiger charge is -2.29. The standard InChI is InChI=1S/C21H18N2O5/c24-16(25)11-22-20(27)17-19(26)14-8-4-7-13-9-10-15(12-5-2-1-3-6-12)23(18(13)14)21(17)28/h1-8,15,26H,9-11H2,(H,22,27)(H,24,25). The summed E-state index contributed by atoms with van der Waals surface area (Å²) in [6, 6.07) is 14.6. The van der Waals surface area contributed by atoms with E-state index in [1.54, 1.807) is 16.7 Å². The molecule has 7 nitrogen and oxygen atoms in total. The molecule has 1 atom stereocenters. The Labute approximate surface area is 159 Å². The molecule has 0 spiro atoms. The van der Waals surface area contributed by atoms with E-state index in [0.29, 0.717) is 17.3 Å². The second kappa shape index (κ2) is 6.84. The number of aryl methyl sites for hydroxylation is 1. The monoisotopic (exact) mass is 378 g/mol. The Bertz CT molecular complexity index is 1150. The Balaban J connectivity index is 1.98. The van der Waals surface area contributed by atoms with Crippen LogP contribution in [0, 0.1) is 0 Å². The first-order valence-corrected chi connectivity index (χ1v) is 8.93. The second-order valence-corrected chi connectivity index (χ2v) is 6.75. The van der Waals surface area contributed by atoms with Gasteiger partial charge in [0, 0.05) is 5.39 Å². The van der Waals surface area contributed by atoms with Gasteiger partial charge in [-0.05, 0) is 30.0 Å². The summed E-state index contributed by atoms with van der Waals surface area (Å²) in [5.41, 5.74) is 1.40. The average molecular weight is 378 g/mol. The van der Waals surface area contributed by atoms with Crippen LogP contribution in [0.4, 0.5) is 0 Å². The smallest absolute Gasteiger partial charge is 0.322 e. The molecule has 2 heterocycles. The van der Waals surface area contributed by atoms with Gasteiger partial charge in [0.2, 0.25) is 0 Å². The van der Waals surface area contributed by atoms with E-state index in [0.717, 1.165) is 17.5 Å². The molecule has 28 heavy (non-hydrogen) atoms. The lowest BCUT2D eigenvalue weighted by molar-refractivity contribution is -0.135. The Kier molecular flexibility index (Phi) is 4.35. The summed E-state index contributed by atoms with van der Waals surface area (Å²) in [7, 11) is 0. The lowest BCUT2D eigenvalue weighted by atomic mass is 9.91. The van der Waals surface area contributed by atoms with Crippen molar-refractivity contribution < 1.29 is 19.8 Å². The number of hydrogen-bond donors (Lipinski definition) is 3. The van der Waals surface area contributed by atoms with Crippen molar-refractivity contribution in [3.63, 3.8) is 0 Å². The number of aliphatic carboxylic acids is 1. The number of carboxylic acid groups (broad SMARTS) is 1. The number of nitrogens with one attached hydrogen (secondary N) is 1. The molecule has 0 radical (unpaired) electrons. The number of amides is 1. The fourth-order valence-corrected chi connectivity index (χ4v) is 3.89. The van der Waals surface area contributed by atoms with Gasteiger partial charge in [-0.2, -0.15) is 0 Å². The maximum atomic E-state index is 13.3. The van der Waals surface area contributed by atoms with Crippen LogP contribution in [0.1, 0.15) is 33.9 Å². The Morgan fingerprint density at radius 2 is 1.86 bits per heavy atom. The van der Waals surface area contributed by atoms with Crippen LogP contribution in [-0.4, -0.2) is 33.2 Å². The van der Waals surface area contributed by atoms with Crippen LogP contribution in [0.2, 0.25) is 0 Å². The third-order valence-electron chi connectivity index (χ3n) is 5.10. The Hall–Kier alpha value is -3.61. The molecular formula is C21H18N2O5. The summed E-state index contributed by atoms with van der Waals surface area (Å²) in [6.07, 6.45) is 1.41. The number of hydrogen-bond acceptors (Lipinski definition) is 4. The number of para-hydroxylation sites is 1. The van der Waals surface area contributed by atoms with Gasteiger partial charge in [-0.1, -0.05) is 42.5 Å². The third-order valence-corrected chi connectivity index (χ3v) is 5.10. The van der Waals surface area contributed by atoms with Crippen LogP contribution in [0.3, 0.4) is 0 Å². The largest absolute Gasteiger partial charge is 0.506 e. The zero-order chi connectivity index (χ0) is 19.8. The van der Waals surface area contributed by atoms with Crippen molar-refractivity contribution in [3.8, 4) is 5.75 Å². The van der Waals surface area contributed by atoms with Gasteiger partial charge in [0.25, 0.3) is 11.5 Å². The van der Waals surface area contributed by atoms with E-state index in [2.05, 4.69) is 5.32 Å². The van der Waals surface area contributed by atoms with E-state index in [1.165, 1.54) is 0 Å². The van der Waals surface area contributed by atoms with Crippen molar-refractivity contribution in [2.45, 2.75) is 18.9 Å². The highest BCUT2D eigenvalue weighted by atomic mass is 16.4. The zero-order valence-corrected chi connectivity index (χ0v) is 14.9. The maximum absolute atomic E-state index is 13.3. The molecule has 1 amide bonds. The van der Waals surface area contributed by atoms with Crippen molar-refractivity contribution in [1.29, 1.82) is 0 Å². The molecule has 0 fully saturated rings. The number of aromatic hydroxyl groups is 1. The lowest BCUT2D eigenvalue weighted by Crippen LogP contribution is -2.38. The van der Waals surface area contributed by atoms with E-state index >= 15 is 0 Å². The summed E-state index contributed by atoms with van der Waals surface area (Å²) in [5, 5.41) is 22.0. The molecule has 1 unspecified atom stereocenters. The van der Waals surface area contributed by atoms with Crippen LogP contribution in [0.15, 0.2) is 53.3 Å². The molecule has 0 aliphatic carbocycles. The van der Waals surface area contributed by atoms with Crippen LogP contribution >= 0.6 is 0 Å². The SMILES string of the molecule is O=C(O)CNC(=O)c1c(O)c2cccc3c2n(c1=O)C(c1ccccc1)CC3.